The van der Waals surface area contributed by atoms with E-state index >= 15 is 0 Å². The van der Waals surface area contributed by atoms with Crippen molar-refractivity contribution in [3.8, 4) is 11.8 Å². The van der Waals surface area contributed by atoms with Crippen LogP contribution in [0.2, 0.25) is 5.02 Å². The third-order valence-electron chi connectivity index (χ3n) is 2.11. The zero-order valence-corrected chi connectivity index (χ0v) is 10.4. The second-order valence-corrected chi connectivity index (χ2v) is 3.89. The fourth-order valence-electron chi connectivity index (χ4n) is 1.26. The average molecular weight is 269 g/mol. The van der Waals surface area contributed by atoms with Crippen LogP contribution in [-0.4, -0.2) is 24.2 Å². The number of amides is 1. The number of hydrogen-bond donors (Lipinski definition) is 2. The molecule has 2 N–H and O–H groups in total. The molecule has 0 saturated carbocycles. The van der Waals surface area contributed by atoms with Crippen LogP contribution in [0, 0.1) is 11.3 Å². The van der Waals surface area contributed by atoms with Crippen LogP contribution in [0.5, 0.6) is 5.75 Å². The van der Waals surface area contributed by atoms with Gasteiger partial charge in [-0.2, -0.15) is 5.26 Å². The van der Waals surface area contributed by atoms with E-state index in [1.807, 2.05) is 6.07 Å². The molecule has 1 amide bonds. The first kappa shape index (κ1) is 14.3. The lowest BCUT2D eigenvalue weighted by atomic mass is 10.2. The number of nitrogens with one attached hydrogen (secondary N) is 1. The van der Waals surface area contributed by atoms with Crippen LogP contribution < -0.4 is 10.1 Å². The number of halogens is 1. The van der Waals surface area contributed by atoms with Gasteiger partial charge in [0.05, 0.1) is 19.1 Å². The van der Waals surface area contributed by atoms with Crippen LogP contribution in [0.25, 0.3) is 0 Å². The van der Waals surface area contributed by atoms with Crippen LogP contribution in [0.3, 0.4) is 0 Å². The molecule has 6 heteroatoms. The number of carbonyl (C=O) groups is 1. The maximum absolute atomic E-state index is 11.3. The summed E-state index contributed by atoms with van der Waals surface area (Å²) in [6.45, 7) is -0.0851. The van der Waals surface area contributed by atoms with Gasteiger partial charge in [0.25, 0.3) is 5.91 Å². The zero-order chi connectivity index (χ0) is 13.4. The van der Waals surface area contributed by atoms with E-state index < -0.39 is 0 Å². The highest BCUT2D eigenvalue weighted by Crippen LogP contribution is 2.22. The van der Waals surface area contributed by atoms with E-state index in [4.69, 9.17) is 26.7 Å². The lowest BCUT2D eigenvalue weighted by Crippen LogP contribution is -2.29. The molecule has 1 aromatic rings. The van der Waals surface area contributed by atoms with Gasteiger partial charge >= 0.3 is 0 Å². The lowest BCUT2D eigenvalue weighted by Gasteiger charge is -2.10. The summed E-state index contributed by atoms with van der Waals surface area (Å²) in [6, 6.07) is 6.70. The predicted octanol–water partition coefficient (Wildman–Crippen LogP) is 1.24. The third kappa shape index (κ3) is 4.62. The Labute approximate surface area is 110 Å². The SMILES string of the molecule is N#CCCNC(=O)COc1ccc(Cl)cc1CO. The van der Waals surface area contributed by atoms with E-state index in [0.717, 1.165) is 0 Å². The molecule has 0 saturated heterocycles. The van der Waals surface area contributed by atoms with E-state index in [1.165, 1.54) is 0 Å². The number of nitriles is 1. The summed E-state index contributed by atoms with van der Waals surface area (Å²) in [6.07, 6.45) is 0.259. The van der Waals surface area contributed by atoms with Gasteiger partial charge in [-0.1, -0.05) is 11.6 Å². The van der Waals surface area contributed by atoms with Gasteiger partial charge in [0.2, 0.25) is 0 Å². The van der Waals surface area contributed by atoms with Crippen LogP contribution in [-0.2, 0) is 11.4 Å². The van der Waals surface area contributed by atoms with Crippen molar-refractivity contribution in [2.75, 3.05) is 13.2 Å². The van der Waals surface area contributed by atoms with Gasteiger partial charge in [-0.25, -0.2) is 0 Å². The van der Waals surface area contributed by atoms with Crippen LogP contribution in [0.4, 0.5) is 0 Å². The zero-order valence-electron chi connectivity index (χ0n) is 9.65. The van der Waals surface area contributed by atoms with E-state index in [2.05, 4.69) is 5.32 Å². The summed E-state index contributed by atoms with van der Waals surface area (Å²) in [7, 11) is 0. The Morgan fingerprint density at radius 1 is 1.56 bits per heavy atom. The van der Waals surface area contributed by atoms with E-state index in [9.17, 15) is 4.79 Å². The van der Waals surface area contributed by atoms with Gasteiger partial charge < -0.3 is 15.2 Å². The van der Waals surface area contributed by atoms with Gasteiger partial charge in [-0.15, -0.1) is 0 Å². The van der Waals surface area contributed by atoms with Crippen LogP contribution >= 0.6 is 11.6 Å². The van der Waals surface area contributed by atoms with Crippen LogP contribution in [0.15, 0.2) is 18.2 Å². The smallest absolute Gasteiger partial charge is 0.257 e. The van der Waals surface area contributed by atoms with Crippen molar-refractivity contribution in [3.63, 3.8) is 0 Å². The standard InChI is InChI=1S/C12H13ClN2O3/c13-10-2-3-11(9(6-10)7-16)18-8-12(17)15-5-1-4-14/h2-3,6,16H,1,5,7-8H2,(H,15,17). The minimum absolute atomic E-state index is 0.167. The first-order valence-corrected chi connectivity index (χ1v) is 5.71. The van der Waals surface area contributed by atoms with Gasteiger partial charge in [0, 0.05) is 17.1 Å². The molecular weight excluding hydrogens is 256 g/mol. The normalized spacial score (nSPS) is 9.61. The fraction of sp³-hybridized carbons (Fsp3) is 0.333. The molecular formula is C12H13ClN2O3. The molecule has 0 radical (unpaired) electrons. The lowest BCUT2D eigenvalue weighted by molar-refractivity contribution is -0.123. The molecule has 0 bridgehead atoms. The number of rotatable bonds is 6. The highest BCUT2D eigenvalue weighted by molar-refractivity contribution is 6.30. The van der Waals surface area contributed by atoms with E-state index in [0.29, 0.717) is 22.9 Å². The Hall–Kier alpha value is -1.77. The number of hydrogen-bond acceptors (Lipinski definition) is 4. The molecule has 0 aliphatic carbocycles. The van der Waals surface area contributed by atoms with Crippen molar-refractivity contribution >= 4 is 17.5 Å². The Morgan fingerprint density at radius 2 is 2.33 bits per heavy atom. The Balaban J connectivity index is 2.48. The second-order valence-electron chi connectivity index (χ2n) is 3.46. The minimum atomic E-state index is -0.316. The van der Waals surface area contributed by atoms with Crippen molar-refractivity contribution in [2.24, 2.45) is 0 Å². The molecule has 0 fully saturated rings. The van der Waals surface area contributed by atoms with Crippen molar-refractivity contribution < 1.29 is 14.6 Å². The molecule has 0 heterocycles. The summed E-state index contributed by atoms with van der Waals surface area (Å²) in [4.78, 5) is 11.3. The maximum atomic E-state index is 11.3. The predicted molar refractivity (Wildman–Crippen MR) is 66.1 cm³/mol. The molecule has 5 nitrogen and oxygen atoms in total. The molecule has 96 valence electrons. The van der Waals surface area contributed by atoms with Gasteiger partial charge in [0.15, 0.2) is 6.61 Å². The maximum Gasteiger partial charge on any atom is 0.257 e. The Kier molecular flexibility index (Phi) is 5.98. The molecule has 1 aromatic carbocycles. The Morgan fingerprint density at radius 3 is 3.00 bits per heavy atom. The summed E-state index contributed by atoms with van der Waals surface area (Å²) in [5.41, 5.74) is 0.521. The van der Waals surface area contributed by atoms with Crippen LogP contribution in [0.1, 0.15) is 12.0 Å². The largest absolute Gasteiger partial charge is 0.483 e. The summed E-state index contributed by atoms with van der Waals surface area (Å²) >= 11 is 5.77. The third-order valence-corrected chi connectivity index (χ3v) is 2.35. The Bertz CT molecular complexity index is 457. The molecule has 0 aliphatic rings. The quantitative estimate of drug-likeness (QED) is 0.761. The average Bonchev–Trinajstić information content (AvgIpc) is 2.37. The topological polar surface area (TPSA) is 82.4 Å². The van der Waals surface area contributed by atoms with Crippen molar-refractivity contribution in [3.05, 3.63) is 28.8 Å². The van der Waals surface area contributed by atoms with Gasteiger partial charge in [-0.05, 0) is 18.2 Å². The number of aliphatic hydroxyl groups excluding tert-OH is 1. The second kappa shape index (κ2) is 7.54. The van der Waals surface area contributed by atoms with Gasteiger partial charge in [0.1, 0.15) is 5.75 Å². The highest BCUT2D eigenvalue weighted by atomic mass is 35.5. The molecule has 0 atom stereocenters. The monoisotopic (exact) mass is 268 g/mol. The molecule has 0 aromatic heterocycles. The molecule has 0 spiro atoms. The molecule has 0 unspecified atom stereocenters. The molecule has 1 rings (SSSR count). The summed E-state index contributed by atoms with van der Waals surface area (Å²) in [5, 5.41) is 20.4. The number of carbonyl (C=O) groups excluding carboxylic acids is 1. The van der Waals surface area contributed by atoms with Gasteiger partial charge in [-0.3, -0.25) is 4.79 Å². The number of aliphatic hydroxyl groups is 1. The molecule has 18 heavy (non-hydrogen) atoms. The fourth-order valence-corrected chi connectivity index (χ4v) is 1.46. The summed E-state index contributed by atoms with van der Waals surface area (Å²) in [5.74, 6) is 0.0985. The summed E-state index contributed by atoms with van der Waals surface area (Å²) < 4.78 is 5.26. The van der Waals surface area contributed by atoms with Crippen molar-refractivity contribution in [1.29, 1.82) is 5.26 Å². The van der Waals surface area contributed by atoms with Crippen molar-refractivity contribution in [1.82, 2.24) is 5.32 Å². The first-order valence-electron chi connectivity index (χ1n) is 5.33. The number of ether oxygens (including phenoxy) is 1. The molecule has 0 aliphatic heterocycles. The van der Waals surface area contributed by atoms with Crippen molar-refractivity contribution in [2.45, 2.75) is 13.0 Å². The highest BCUT2D eigenvalue weighted by Gasteiger charge is 2.06. The first-order chi connectivity index (χ1) is 8.67. The van der Waals surface area contributed by atoms with E-state index in [-0.39, 0.29) is 25.5 Å². The number of nitrogens with zero attached hydrogens (tertiary/aromatic N) is 1. The minimum Gasteiger partial charge on any atom is -0.483 e. The van der Waals surface area contributed by atoms with E-state index in [1.54, 1.807) is 18.2 Å². The number of benzene rings is 1.